The van der Waals surface area contributed by atoms with Gasteiger partial charge in [0.1, 0.15) is 11.6 Å². The van der Waals surface area contributed by atoms with Crippen LogP contribution in [0.1, 0.15) is 55.5 Å². The minimum Gasteiger partial charge on any atom is -0.481 e. The Morgan fingerprint density at radius 3 is 2.10 bits per heavy atom. The van der Waals surface area contributed by atoms with E-state index in [-0.39, 0.29) is 29.8 Å². The maximum atomic E-state index is 12.7. The van der Waals surface area contributed by atoms with Crippen LogP contribution in [0.25, 0.3) is 5.70 Å². The number of carbonyl (C=O) groups excluding carboxylic acids is 2. The molecule has 7 heteroatoms. The monoisotopic (exact) mass is 429 g/mol. The zero-order valence-electron chi connectivity index (χ0n) is 17.5. The number of nitrogens with one attached hydrogen (secondary N) is 1. The second kappa shape index (κ2) is 11.2. The van der Waals surface area contributed by atoms with Gasteiger partial charge in [0.25, 0.3) is 0 Å². The highest BCUT2D eigenvalue weighted by Crippen LogP contribution is 2.23. The largest absolute Gasteiger partial charge is 0.481 e. The summed E-state index contributed by atoms with van der Waals surface area (Å²) >= 11 is 0. The van der Waals surface area contributed by atoms with Crippen LogP contribution in [-0.2, 0) is 9.59 Å². The molecule has 1 unspecified atom stereocenters. The van der Waals surface area contributed by atoms with Gasteiger partial charge in [-0.15, -0.1) is 0 Å². The summed E-state index contributed by atoms with van der Waals surface area (Å²) in [6.07, 6.45) is 1.58. The predicted octanol–water partition coefficient (Wildman–Crippen LogP) is 4.98. The molecule has 1 aliphatic rings. The van der Waals surface area contributed by atoms with Gasteiger partial charge in [0.2, 0.25) is 5.91 Å². The van der Waals surface area contributed by atoms with Gasteiger partial charge in [-0.3, -0.25) is 14.4 Å². The first kappa shape index (κ1) is 23.9. The fourth-order valence-corrected chi connectivity index (χ4v) is 3.04. The summed E-state index contributed by atoms with van der Waals surface area (Å²) in [6.45, 7) is 3.66. The van der Waals surface area contributed by atoms with Gasteiger partial charge in [0, 0.05) is 30.0 Å². The summed E-state index contributed by atoms with van der Waals surface area (Å²) in [5.41, 5.74) is 3.24. The Morgan fingerprint density at radius 2 is 1.55 bits per heavy atom. The maximum absolute atomic E-state index is 12.7. The summed E-state index contributed by atoms with van der Waals surface area (Å²) in [6, 6.07) is 11.4. The Balaban J connectivity index is 0.000000220. The van der Waals surface area contributed by atoms with E-state index in [1.54, 1.807) is 19.1 Å². The first-order chi connectivity index (χ1) is 14.7. The number of allylic oxidation sites excluding steroid dienone is 1. The summed E-state index contributed by atoms with van der Waals surface area (Å²) in [5.74, 6) is -2.06. The minimum absolute atomic E-state index is 0.0277. The number of hydrogen-bond donors (Lipinski definition) is 2. The van der Waals surface area contributed by atoms with Gasteiger partial charge in [-0.05, 0) is 79.4 Å². The van der Waals surface area contributed by atoms with Crippen LogP contribution in [0.2, 0.25) is 0 Å². The fourth-order valence-electron chi connectivity index (χ4n) is 3.04. The summed E-state index contributed by atoms with van der Waals surface area (Å²) in [5, 5.41) is 11.3. The first-order valence-electron chi connectivity index (χ1n) is 9.94. The highest BCUT2D eigenvalue weighted by Gasteiger charge is 2.17. The van der Waals surface area contributed by atoms with E-state index in [9.17, 15) is 23.2 Å². The first-order valence-corrected chi connectivity index (χ1v) is 9.94. The molecule has 0 saturated heterocycles. The molecule has 1 aliphatic heterocycles. The molecular formula is C24H25F2NO4. The number of aliphatic carboxylic acids is 1. The number of Topliss-reactive ketones (excluding diaryl/α,β-unsaturated/α-hetero) is 1. The molecule has 0 saturated carbocycles. The lowest BCUT2D eigenvalue weighted by atomic mass is 9.95. The molecule has 164 valence electrons. The third-order valence-electron chi connectivity index (χ3n) is 4.92. The number of carboxylic acids is 1. The second-order valence-electron chi connectivity index (χ2n) is 7.42. The number of rotatable bonds is 6. The molecule has 0 radical (unpaired) electrons. The second-order valence-corrected chi connectivity index (χ2v) is 7.42. The zero-order chi connectivity index (χ0) is 23.0. The number of carbonyl (C=O) groups is 3. The minimum atomic E-state index is -0.918. The molecule has 0 fully saturated rings. The van der Waals surface area contributed by atoms with Crippen LogP contribution in [0, 0.1) is 17.6 Å². The van der Waals surface area contributed by atoms with Crippen molar-refractivity contribution in [3.05, 3.63) is 76.9 Å². The molecule has 2 N–H and O–H groups in total. The predicted molar refractivity (Wildman–Crippen MR) is 113 cm³/mol. The van der Waals surface area contributed by atoms with Crippen molar-refractivity contribution in [3.8, 4) is 0 Å². The maximum Gasteiger partial charge on any atom is 0.303 e. The molecular weight excluding hydrogens is 404 g/mol. The van der Waals surface area contributed by atoms with Gasteiger partial charge < -0.3 is 10.4 Å². The quantitative estimate of drug-likeness (QED) is 0.635. The third kappa shape index (κ3) is 7.44. The number of halogens is 2. The van der Waals surface area contributed by atoms with Crippen molar-refractivity contribution in [2.45, 2.75) is 39.5 Å². The number of amides is 1. The van der Waals surface area contributed by atoms with Crippen LogP contribution in [-0.4, -0.2) is 22.8 Å². The van der Waals surface area contributed by atoms with Gasteiger partial charge in [0.15, 0.2) is 5.78 Å². The van der Waals surface area contributed by atoms with E-state index < -0.39 is 11.8 Å². The van der Waals surface area contributed by atoms with Crippen LogP contribution in [0.3, 0.4) is 0 Å². The van der Waals surface area contributed by atoms with Crippen molar-refractivity contribution in [3.63, 3.8) is 0 Å². The fraction of sp³-hybridized carbons (Fsp3) is 0.292. The van der Waals surface area contributed by atoms with E-state index >= 15 is 0 Å². The van der Waals surface area contributed by atoms with Crippen molar-refractivity contribution in [1.29, 1.82) is 0 Å². The molecule has 1 heterocycles. The Hall–Kier alpha value is -3.35. The van der Waals surface area contributed by atoms with Crippen molar-refractivity contribution in [2.24, 2.45) is 5.92 Å². The number of carboxylic acid groups (broad SMARTS) is 1. The van der Waals surface area contributed by atoms with E-state index in [4.69, 9.17) is 5.11 Å². The van der Waals surface area contributed by atoms with Gasteiger partial charge in [-0.2, -0.15) is 0 Å². The van der Waals surface area contributed by atoms with Crippen molar-refractivity contribution in [2.75, 3.05) is 0 Å². The lowest BCUT2D eigenvalue weighted by molar-refractivity contribution is -0.137. The standard InChI is InChI=1S/C12H12FNO.C12H13FO3/c1-8-2-7-11(15)14-12(8)9-3-5-10(13)6-4-9;1-8(2-7-11(14)15)12(16)9-3-5-10(13)6-4-9/h3-6H,2,7H2,1H3,(H,14,15);3-6,8H,2,7H2,1H3,(H,14,15). The molecule has 2 aromatic rings. The average molecular weight is 429 g/mol. The van der Waals surface area contributed by atoms with Gasteiger partial charge >= 0.3 is 5.97 Å². The molecule has 5 nitrogen and oxygen atoms in total. The Labute approximate surface area is 179 Å². The molecule has 0 bridgehead atoms. The van der Waals surface area contributed by atoms with E-state index in [2.05, 4.69) is 5.32 Å². The molecule has 0 aliphatic carbocycles. The zero-order valence-corrected chi connectivity index (χ0v) is 17.5. The number of hydrogen-bond acceptors (Lipinski definition) is 3. The van der Waals surface area contributed by atoms with Crippen LogP contribution < -0.4 is 5.32 Å². The van der Waals surface area contributed by atoms with Gasteiger partial charge in [-0.25, -0.2) is 8.78 Å². The molecule has 3 rings (SSSR count). The smallest absolute Gasteiger partial charge is 0.303 e. The van der Waals surface area contributed by atoms with Crippen LogP contribution in [0.15, 0.2) is 54.1 Å². The van der Waals surface area contributed by atoms with Crippen molar-refractivity contribution >= 4 is 23.4 Å². The van der Waals surface area contributed by atoms with E-state index in [1.165, 1.54) is 36.4 Å². The van der Waals surface area contributed by atoms with E-state index in [1.807, 2.05) is 6.92 Å². The van der Waals surface area contributed by atoms with Crippen molar-refractivity contribution in [1.82, 2.24) is 5.32 Å². The Bertz CT molecular complexity index is 966. The van der Waals surface area contributed by atoms with Crippen LogP contribution in [0.5, 0.6) is 0 Å². The molecule has 31 heavy (non-hydrogen) atoms. The summed E-state index contributed by atoms with van der Waals surface area (Å²) in [4.78, 5) is 33.3. The van der Waals surface area contributed by atoms with E-state index in [0.29, 0.717) is 18.4 Å². The number of benzene rings is 2. The Morgan fingerprint density at radius 1 is 1.00 bits per heavy atom. The van der Waals surface area contributed by atoms with Crippen LogP contribution in [0.4, 0.5) is 8.78 Å². The molecule has 1 amide bonds. The average Bonchev–Trinajstić information content (AvgIpc) is 2.75. The highest BCUT2D eigenvalue weighted by atomic mass is 19.1. The lowest BCUT2D eigenvalue weighted by Crippen LogP contribution is -2.26. The highest BCUT2D eigenvalue weighted by molar-refractivity contribution is 5.97. The summed E-state index contributed by atoms with van der Waals surface area (Å²) < 4.78 is 25.3. The third-order valence-corrected chi connectivity index (χ3v) is 4.92. The normalized spacial score (nSPS) is 14.3. The molecule has 0 aromatic heterocycles. The van der Waals surface area contributed by atoms with E-state index in [0.717, 1.165) is 23.3 Å². The topological polar surface area (TPSA) is 83.5 Å². The van der Waals surface area contributed by atoms with Crippen molar-refractivity contribution < 1.29 is 28.3 Å². The molecule has 2 aromatic carbocycles. The van der Waals surface area contributed by atoms with Gasteiger partial charge in [-0.1, -0.05) is 6.92 Å². The molecule has 0 spiro atoms. The lowest BCUT2D eigenvalue weighted by Gasteiger charge is -2.18. The summed E-state index contributed by atoms with van der Waals surface area (Å²) in [7, 11) is 0. The molecule has 1 atom stereocenters. The Kier molecular flexibility index (Phi) is 8.61. The van der Waals surface area contributed by atoms with Crippen LogP contribution >= 0.6 is 0 Å². The SMILES string of the molecule is CC(CCC(=O)O)C(=O)c1ccc(F)cc1.CC1=C(c2ccc(F)cc2)NC(=O)CC1. The van der Waals surface area contributed by atoms with Gasteiger partial charge in [0.05, 0.1) is 0 Å². The number of ketones is 1.